The van der Waals surface area contributed by atoms with Crippen LogP contribution in [0.4, 0.5) is 0 Å². The van der Waals surface area contributed by atoms with Crippen molar-refractivity contribution in [2.75, 3.05) is 0 Å². The molecular weight excluding hydrogens is 110 g/mol. The van der Waals surface area contributed by atoms with Gasteiger partial charge < -0.3 is 5.32 Å². The summed E-state index contributed by atoms with van der Waals surface area (Å²) >= 11 is 3.70. The molecule has 0 aliphatic carbocycles. The Morgan fingerprint density at radius 2 is 2.43 bits per heavy atom. The maximum Gasteiger partial charge on any atom is 0.220 e. The first kappa shape index (κ1) is 6.56. The highest BCUT2D eigenvalue weighted by Gasteiger charge is 1.77. The molecule has 2 nitrogen and oxygen atoms in total. The second kappa shape index (κ2) is 3.74. The lowest BCUT2D eigenvalue weighted by Gasteiger charge is -1.85. The van der Waals surface area contributed by atoms with E-state index in [-0.39, 0.29) is 5.91 Å². The number of amides is 1. The van der Waals surface area contributed by atoms with Gasteiger partial charge in [-0.3, -0.25) is 4.79 Å². The van der Waals surface area contributed by atoms with E-state index in [1.807, 2.05) is 0 Å². The van der Waals surface area contributed by atoms with E-state index in [0.717, 1.165) is 0 Å². The minimum absolute atomic E-state index is 0.0784. The molecule has 3 heteroatoms. The zero-order valence-corrected chi connectivity index (χ0v) is 4.90. The highest BCUT2D eigenvalue weighted by atomic mass is 32.1. The van der Waals surface area contributed by atoms with E-state index in [1.54, 1.807) is 0 Å². The first-order valence-electron chi connectivity index (χ1n) is 1.83. The van der Waals surface area contributed by atoms with Crippen molar-refractivity contribution >= 4 is 18.5 Å². The fraction of sp³-hybridized carbons (Fsp3) is 0.250. The monoisotopic (exact) mass is 117 g/mol. The molecule has 0 bridgehead atoms. The summed E-state index contributed by atoms with van der Waals surface area (Å²) in [7, 11) is 0. The van der Waals surface area contributed by atoms with E-state index in [9.17, 15) is 4.79 Å². The lowest BCUT2D eigenvalue weighted by molar-refractivity contribution is -0.118. The molecule has 0 unspecified atom stereocenters. The SMILES string of the molecule is CC(=O)NC=CS. The van der Waals surface area contributed by atoms with Crippen molar-refractivity contribution in [1.82, 2.24) is 5.32 Å². The summed E-state index contributed by atoms with van der Waals surface area (Å²) in [5.74, 6) is -0.0784. The Morgan fingerprint density at radius 1 is 1.86 bits per heavy atom. The van der Waals surface area contributed by atoms with Crippen LogP contribution in [-0.2, 0) is 4.79 Å². The van der Waals surface area contributed by atoms with Crippen LogP contribution in [-0.4, -0.2) is 5.91 Å². The van der Waals surface area contributed by atoms with Crippen molar-refractivity contribution in [2.45, 2.75) is 6.92 Å². The molecule has 0 aliphatic heterocycles. The first-order chi connectivity index (χ1) is 3.27. The Hall–Kier alpha value is -0.440. The third kappa shape index (κ3) is 5.56. The largest absolute Gasteiger partial charge is 0.332 e. The number of hydrogen-bond acceptors (Lipinski definition) is 2. The van der Waals surface area contributed by atoms with Crippen LogP contribution in [0.25, 0.3) is 0 Å². The van der Waals surface area contributed by atoms with Gasteiger partial charge in [-0.25, -0.2) is 0 Å². The van der Waals surface area contributed by atoms with Crippen LogP contribution in [0.3, 0.4) is 0 Å². The Kier molecular flexibility index (Phi) is 3.50. The van der Waals surface area contributed by atoms with E-state index >= 15 is 0 Å². The summed E-state index contributed by atoms with van der Waals surface area (Å²) in [5.41, 5.74) is 0. The predicted octanol–water partition coefficient (Wildman–Crippen LogP) is 0.524. The smallest absolute Gasteiger partial charge is 0.220 e. The lowest BCUT2D eigenvalue weighted by Crippen LogP contribution is -2.10. The zero-order chi connectivity index (χ0) is 5.70. The summed E-state index contributed by atoms with van der Waals surface area (Å²) in [6.07, 6.45) is 1.46. The van der Waals surface area contributed by atoms with Crippen LogP contribution >= 0.6 is 12.6 Å². The molecule has 40 valence electrons. The van der Waals surface area contributed by atoms with Gasteiger partial charge in [-0.15, -0.1) is 12.6 Å². The molecule has 0 aromatic heterocycles. The van der Waals surface area contributed by atoms with Gasteiger partial charge in [0.05, 0.1) is 0 Å². The van der Waals surface area contributed by atoms with Gasteiger partial charge in [0.2, 0.25) is 5.91 Å². The van der Waals surface area contributed by atoms with Gasteiger partial charge in [-0.2, -0.15) is 0 Å². The summed E-state index contributed by atoms with van der Waals surface area (Å²) in [4.78, 5) is 10.0. The average Bonchev–Trinajstić information content (AvgIpc) is 1.61. The number of carbonyl (C=O) groups is 1. The fourth-order valence-corrected chi connectivity index (χ4v) is 0.229. The minimum atomic E-state index is -0.0784. The molecule has 0 atom stereocenters. The zero-order valence-electron chi connectivity index (χ0n) is 4.01. The topological polar surface area (TPSA) is 29.1 Å². The van der Waals surface area contributed by atoms with E-state index in [4.69, 9.17) is 0 Å². The molecule has 0 fully saturated rings. The average molecular weight is 117 g/mol. The normalized spacial score (nSPS) is 9.43. The van der Waals surface area contributed by atoms with Crippen LogP contribution in [0.5, 0.6) is 0 Å². The van der Waals surface area contributed by atoms with E-state index in [1.165, 1.54) is 18.5 Å². The second-order valence-corrected chi connectivity index (χ2v) is 1.31. The molecule has 0 spiro atoms. The highest BCUT2D eigenvalue weighted by molar-refractivity contribution is 7.83. The summed E-state index contributed by atoms with van der Waals surface area (Å²) in [5, 5.41) is 3.86. The van der Waals surface area contributed by atoms with Gasteiger partial charge in [-0.1, -0.05) is 0 Å². The van der Waals surface area contributed by atoms with Gasteiger partial charge in [0.25, 0.3) is 0 Å². The van der Waals surface area contributed by atoms with E-state index in [0.29, 0.717) is 0 Å². The van der Waals surface area contributed by atoms with Crippen LogP contribution in [0.2, 0.25) is 0 Å². The van der Waals surface area contributed by atoms with Gasteiger partial charge in [0.15, 0.2) is 0 Å². The van der Waals surface area contributed by atoms with Crippen molar-refractivity contribution in [3.8, 4) is 0 Å². The van der Waals surface area contributed by atoms with Gasteiger partial charge >= 0.3 is 0 Å². The number of hydrogen-bond donors (Lipinski definition) is 2. The molecule has 1 amide bonds. The number of carbonyl (C=O) groups excluding carboxylic acids is 1. The highest BCUT2D eigenvalue weighted by Crippen LogP contribution is 1.70. The molecule has 0 saturated carbocycles. The van der Waals surface area contributed by atoms with Gasteiger partial charge in [0, 0.05) is 13.1 Å². The van der Waals surface area contributed by atoms with Crippen molar-refractivity contribution in [2.24, 2.45) is 0 Å². The summed E-state index contributed by atoms with van der Waals surface area (Å²) < 4.78 is 0. The molecular formula is C4H7NOS. The minimum Gasteiger partial charge on any atom is -0.332 e. The van der Waals surface area contributed by atoms with Crippen molar-refractivity contribution in [3.05, 3.63) is 11.6 Å². The lowest BCUT2D eigenvalue weighted by atomic mass is 10.7. The molecule has 0 radical (unpaired) electrons. The molecule has 0 heterocycles. The van der Waals surface area contributed by atoms with Crippen LogP contribution in [0.1, 0.15) is 6.92 Å². The van der Waals surface area contributed by atoms with Gasteiger partial charge in [-0.05, 0) is 5.41 Å². The predicted molar refractivity (Wildman–Crippen MR) is 31.9 cm³/mol. The molecule has 0 aromatic rings. The molecule has 0 aliphatic rings. The first-order valence-corrected chi connectivity index (χ1v) is 2.35. The van der Waals surface area contributed by atoms with Crippen molar-refractivity contribution in [3.63, 3.8) is 0 Å². The second-order valence-electron chi connectivity index (χ2n) is 1.02. The number of thiol groups is 1. The Morgan fingerprint density at radius 3 is 2.57 bits per heavy atom. The Bertz CT molecular complexity index is 89.7. The molecule has 0 aromatic carbocycles. The van der Waals surface area contributed by atoms with E-state index in [2.05, 4.69) is 17.9 Å². The molecule has 7 heavy (non-hydrogen) atoms. The number of rotatable bonds is 1. The number of nitrogens with one attached hydrogen (secondary N) is 1. The maximum atomic E-state index is 10.0. The fourth-order valence-electron chi connectivity index (χ4n) is 0.155. The molecule has 0 saturated heterocycles. The van der Waals surface area contributed by atoms with Crippen LogP contribution in [0.15, 0.2) is 11.6 Å². The quantitative estimate of drug-likeness (QED) is 0.482. The van der Waals surface area contributed by atoms with E-state index < -0.39 is 0 Å². The molecule has 0 rings (SSSR count). The summed E-state index contributed by atoms with van der Waals surface area (Å²) in [6.45, 7) is 1.44. The molecule has 1 N–H and O–H groups in total. The Labute approximate surface area is 48.0 Å². The van der Waals surface area contributed by atoms with Crippen LogP contribution < -0.4 is 5.32 Å². The van der Waals surface area contributed by atoms with Crippen molar-refractivity contribution < 1.29 is 4.79 Å². The summed E-state index contributed by atoms with van der Waals surface area (Å²) in [6, 6.07) is 0. The third-order valence-electron chi connectivity index (χ3n) is 0.361. The maximum absolute atomic E-state index is 10.0. The standard InChI is InChI=1S/C4H7NOS/c1-4(6)5-2-3-7/h2-3,7H,1H3,(H,5,6). The van der Waals surface area contributed by atoms with Crippen molar-refractivity contribution in [1.29, 1.82) is 0 Å². The Balaban J connectivity index is 3.14. The third-order valence-corrected chi connectivity index (χ3v) is 0.510. The van der Waals surface area contributed by atoms with Gasteiger partial charge in [0.1, 0.15) is 0 Å². The van der Waals surface area contributed by atoms with Crippen LogP contribution in [0, 0.1) is 0 Å².